The lowest BCUT2D eigenvalue weighted by Crippen LogP contribution is -2.22. The van der Waals surface area contributed by atoms with Crippen LogP contribution in [0, 0.1) is 17.2 Å². The molecule has 0 saturated carbocycles. The number of pyridine rings is 1. The van der Waals surface area contributed by atoms with Crippen molar-refractivity contribution < 1.29 is 0 Å². The van der Waals surface area contributed by atoms with Crippen molar-refractivity contribution in [2.24, 2.45) is 5.92 Å². The Hall–Kier alpha value is -1.60. The maximum absolute atomic E-state index is 8.80. The molecule has 0 amide bonds. The van der Waals surface area contributed by atoms with E-state index in [4.69, 9.17) is 5.26 Å². The van der Waals surface area contributed by atoms with Gasteiger partial charge in [-0.25, -0.2) is 4.98 Å². The minimum Gasteiger partial charge on any atom is -0.370 e. The predicted molar refractivity (Wildman–Crippen MR) is 67.7 cm³/mol. The Morgan fingerprint density at radius 1 is 1.65 bits per heavy atom. The van der Waals surface area contributed by atoms with Crippen LogP contribution < -0.4 is 5.32 Å². The van der Waals surface area contributed by atoms with Crippen molar-refractivity contribution in [1.29, 1.82) is 5.26 Å². The smallest absolute Gasteiger partial charge is 0.127 e. The molecule has 4 nitrogen and oxygen atoms in total. The quantitative estimate of drug-likeness (QED) is 0.855. The number of hydrogen-bond donors (Lipinski definition) is 1. The molecule has 1 saturated heterocycles. The molecule has 90 valence electrons. The molecule has 1 aliphatic rings. The molecule has 2 rings (SSSR count). The fourth-order valence-electron chi connectivity index (χ4n) is 2.21. The zero-order valence-corrected chi connectivity index (χ0v) is 10.2. The van der Waals surface area contributed by atoms with Gasteiger partial charge in [0, 0.05) is 19.3 Å². The number of rotatable bonds is 4. The van der Waals surface area contributed by atoms with Crippen LogP contribution in [0.5, 0.6) is 0 Å². The summed E-state index contributed by atoms with van der Waals surface area (Å²) in [7, 11) is 0. The average molecular weight is 230 g/mol. The highest BCUT2D eigenvalue weighted by atomic mass is 15.1. The fourth-order valence-corrected chi connectivity index (χ4v) is 2.21. The zero-order valence-electron chi connectivity index (χ0n) is 10.2. The molecule has 0 bridgehead atoms. The van der Waals surface area contributed by atoms with Crippen molar-refractivity contribution in [3.8, 4) is 6.07 Å². The number of nitrogens with one attached hydrogen (secondary N) is 1. The molecule has 2 heterocycles. The van der Waals surface area contributed by atoms with Gasteiger partial charge in [0.15, 0.2) is 0 Å². The standard InChI is InChI=1S/C13H18N4/c1-2-17-6-4-12(10-17)9-16-13-7-11(8-14)3-5-15-13/h3,5,7,12H,2,4,6,9-10H2,1H3,(H,15,16). The lowest BCUT2D eigenvalue weighted by Gasteiger charge is -2.14. The summed E-state index contributed by atoms with van der Waals surface area (Å²) in [5, 5.41) is 12.1. The molecule has 1 aliphatic heterocycles. The summed E-state index contributed by atoms with van der Waals surface area (Å²) in [6, 6.07) is 5.64. The van der Waals surface area contributed by atoms with E-state index >= 15 is 0 Å². The third-order valence-electron chi connectivity index (χ3n) is 3.28. The minimum atomic E-state index is 0.657. The van der Waals surface area contributed by atoms with Crippen LogP contribution in [-0.2, 0) is 0 Å². The Balaban J connectivity index is 1.84. The second-order valence-electron chi connectivity index (χ2n) is 4.47. The maximum Gasteiger partial charge on any atom is 0.127 e. The molecular weight excluding hydrogens is 212 g/mol. The minimum absolute atomic E-state index is 0.657. The summed E-state index contributed by atoms with van der Waals surface area (Å²) in [6.45, 7) is 6.65. The van der Waals surface area contributed by atoms with Crippen molar-refractivity contribution in [2.75, 3.05) is 31.5 Å². The Kier molecular flexibility index (Phi) is 3.94. The molecule has 0 spiro atoms. The summed E-state index contributed by atoms with van der Waals surface area (Å²) in [4.78, 5) is 6.68. The maximum atomic E-state index is 8.80. The number of anilines is 1. The molecular formula is C13H18N4. The molecule has 1 atom stereocenters. The number of likely N-dealkylation sites (tertiary alicyclic amines) is 1. The number of aromatic nitrogens is 1. The van der Waals surface area contributed by atoms with Gasteiger partial charge in [-0.2, -0.15) is 5.26 Å². The van der Waals surface area contributed by atoms with Gasteiger partial charge in [-0.3, -0.25) is 0 Å². The first-order chi connectivity index (χ1) is 8.31. The SMILES string of the molecule is CCN1CCC(CNc2cc(C#N)ccn2)C1. The highest BCUT2D eigenvalue weighted by Gasteiger charge is 2.20. The van der Waals surface area contributed by atoms with Crippen LogP contribution in [0.4, 0.5) is 5.82 Å². The second kappa shape index (κ2) is 5.65. The van der Waals surface area contributed by atoms with Gasteiger partial charge >= 0.3 is 0 Å². The Bertz CT molecular complexity index is 410. The lowest BCUT2D eigenvalue weighted by atomic mass is 10.1. The average Bonchev–Trinajstić information content (AvgIpc) is 2.84. The van der Waals surface area contributed by atoms with E-state index in [0.29, 0.717) is 11.5 Å². The second-order valence-corrected chi connectivity index (χ2v) is 4.47. The van der Waals surface area contributed by atoms with E-state index in [1.807, 2.05) is 0 Å². The first-order valence-corrected chi connectivity index (χ1v) is 6.14. The van der Waals surface area contributed by atoms with Crippen LogP contribution in [-0.4, -0.2) is 36.1 Å². The van der Waals surface area contributed by atoms with Crippen LogP contribution in [0.25, 0.3) is 0 Å². The molecule has 0 aromatic carbocycles. The molecule has 1 N–H and O–H groups in total. The van der Waals surface area contributed by atoms with Gasteiger partial charge in [0.05, 0.1) is 11.6 Å². The van der Waals surface area contributed by atoms with E-state index in [0.717, 1.165) is 18.9 Å². The monoisotopic (exact) mass is 230 g/mol. The van der Waals surface area contributed by atoms with Crippen molar-refractivity contribution in [3.63, 3.8) is 0 Å². The molecule has 1 fully saturated rings. The van der Waals surface area contributed by atoms with Gasteiger partial charge < -0.3 is 10.2 Å². The van der Waals surface area contributed by atoms with Crippen LogP contribution in [0.2, 0.25) is 0 Å². The van der Waals surface area contributed by atoms with E-state index in [2.05, 4.69) is 28.2 Å². The summed E-state index contributed by atoms with van der Waals surface area (Å²) < 4.78 is 0. The third-order valence-corrected chi connectivity index (χ3v) is 3.28. The van der Waals surface area contributed by atoms with Crippen LogP contribution in [0.3, 0.4) is 0 Å². The summed E-state index contributed by atoms with van der Waals surface area (Å²) in [6.07, 6.45) is 2.92. The van der Waals surface area contributed by atoms with Gasteiger partial charge in [0.2, 0.25) is 0 Å². The molecule has 1 aromatic rings. The van der Waals surface area contributed by atoms with Gasteiger partial charge in [0.1, 0.15) is 5.82 Å². The first-order valence-electron chi connectivity index (χ1n) is 6.14. The van der Waals surface area contributed by atoms with E-state index < -0.39 is 0 Å². The lowest BCUT2D eigenvalue weighted by molar-refractivity contribution is 0.345. The molecule has 1 aromatic heterocycles. The zero-order chi connectivity index (χ0) is 12.1. The molecule has 1 unspecified atom stereocenters. The highest BCUT2D eigenvalue weighted by molar-refractivity contribution is 5.42. The molecule has 0 radical (unpaired) electrons. The van der Waals surface area contributed by atoms with Gasteiger partial charge in [-0.05, 0) is 37.6 Å². The van der Waals surface area contributed by atoms with Gasteiger partial charge in [0.25, 0.3) is 0 Å². The van der Waals surface area contributed by atoms with Crippen molar-refractivity contribution in [3.05, 3.63) is 23.9 Å². The molecule has 0 aliphatic carbocycles. The van der Waals surface area contributed by atoms with E-state index in [9.17, 15) is 0 Å². The Morgan fingerprint density at radius 2 is 2.53 bits per heavy atom. The highest BCUT2D eigenvalue weighted by Crippen LogP contribution is 2.16. The summed E-state index contributed by atoms with van der Waals surface area (Å²) >= 11 is 0. The van der Waals surface area contributed by atoms with Crippen molar-refractivity contribution >= 4 is 5.82 Å². The third kappa shape index (κ3) is 3.18. The Morgan fingerprint density at radius 3 is 3.24 bits per heavy atom. The van der Waals surface area contributed by atoms with Crippen LogP contribution in [0.15, 0.2) is 18.3 Å². The number of hydrogen-bond acceptors (Lipinski definition) is 4. The molecule has 4 heteroatoms. The van der Waals surface area contributed by atoms with Crippen LogP contribution >= 0.6 is 0 Å². The van der Waals surface area contributed by atoms with Gasteiger partial charge in [-0.15, -0.1) is 0 Å². The molecule has 17 heavy (non-hydrogen) atoms. The topological polar surface area (TPSA) is 52.0 Å². The van der Waals surface area contributed by atoms with Crippen molar-refractivity contribution in [2.45, 2.75) is 13.3 Å². The normalized spacial score (nSPS) is 20.1. The van der Waals surface area contributed by atoms with E-state index in [1.165, 1.54) is 19.5 Å². The van der Waals surface area contributed by atoms with Gasteiger partial charge in [-0.1, -0.05) is 6.92 Å². The number of nitriles is 1. The largest absolute Gasteiger partial charge is 0.370 e. The van der Waals surface area contributed by atoms with Crippen molar-refractivity contribution in [1.82, 2.24) is 9.88 Å². The predicted octanol–water partition coefficient (Wildman–Crippen LogP) is 1.71. The summed E-state index contributed by atoms with van der Waals surface area (Å²) in [5.41, 5.74) is 0.657. The Labute approximate surface area is 102 Å². The van der Waals surface area contributed by atoms with E-state index in [1.54, 1.807) is 18.3 Å². The first kappa shape index (κ1) is 11.9. The van der Waals surface area contributed by atoms with Crippen LogP contribution in [0.1, 0.15) is 18.9 Å². The summed E-state index contributed by atoms with van der Waals surface area (Å²) in [5.74, 6) is 1.50. The number of nitrogens with zero attached hydrogens (tertiary/aromatic N) is 3. The fraction of sp³-hybridized carbons (Fsp3) is 0.538. The van der Waals surface area contributed by atoms with E-state index in [-0.39, 0.29) is 0 Å².